The second-order valence-corrected chi connectivity index (χ2v) is 4.32. The van der Waals surface area contributed by atoms with Crippen LogP contribution in [0.3, 0.4) is 0 Å². The van der Waals surface area contributed by atoms with Crippen LogP contribution in [0.25, 0.3) is 0 Å². The Morgan fingerprint density at radius 3 is 2.89 bits per heavy atom. The summed E-state index contributed by atoms with van der Waals surface area (Å²) in [6.07, 6.45) is 1.06. The molecule has 1 amide bonds. The number of amides is 1. The van der Waals surface area contributed by atoms with Crippen molar-refractivity contribution >= 4 is 17.2 Å². The molecule has 0 atom stereocenters. The number of hydrogen-bond donors (Lipinski definition) is 0. The van der Waals surface area contributed by atoms with Crippen molar-refractivity contribution in [2.24, 2.45) is 0 Å². The monoisotopic (exact) mass is 269 g/mol. The molecule has 0 saturated heterocycles. The minimum Gasteiger partial charge on any atom is -0.336 e. The second kappa shape index (κ2) is 5.18. The number of aromatic nitrogens is 2. The van der Waals surface area contributed by atoms with Crippen molar-refractivity contribution in [1.29, 1.82) is 0 Å². The van der Waals surface area contributed by atoms with Gasteiger partial charge in [0.1, 0.15) is 0 Å². The van der Waals surface area contributed by atoms with Gasteiger partial charge in [-0.15, -0.1) is 11.3 Å². The van der Waals surface area contributed by atoms with E-state index in [0.29, 0.717) is 5.69 Å². The van der Waals surface area contributed by atoms with Crippen LogP contribution in [0, 0.1) is 11.8 Å². The van der Waals surface area contributed by atoms with Gasteiger partial charge >= 0.3 is 0 Å². The number of carbonyl (C=O) groups is 1. The van der Waals surface area contributed by atoms with Gasteiger partial charge in [0.25, 0.3) is 5.91 Å². The lowest BCUT2D eigenvalue weighted by Crippen LogP contribution is -2.27. The van der Waals surface area contributed by atoms with Crippen LogP contribution >= 0.6 is 11.3 Å². The molecule has 0 N–H and O–H groups in total. The van der Waals surface area contributed by atoms with E-state index in [2.05, 4.69) is 9.97 Å². The maximum absolute atomic E-state index is 13.4. The summed E-state index contributed by atoms with van der Waals surface area (Å²) in [6.45, 7) is 0.242. The molecule has 7 heteroatoms. The number of thiazole rings is 1. The maximum Gasteiger partial charge on any atom is 0.257 e. The Labute approximate surface area is 106 Å². The van der Waals surface area contributed by atoms with Crippen LogP contribution in [0.15, 0.2) is 23.2 Å². The van der Waals surface area contributed by atoms with Gasteiger partial charge in [0.2, 0.25) is 5.95 Å². The van der Waals surface area contributed by atoms with Crippen molar-refractivity contribution in [2.45, 2.75) is 6.54 Å². The van der Waals surface area contributed by atoms with Gasteiger partial charge in [-0.2, -0.15) is 4.39 Å². The summed E-state index contributed by atoms with van der Waals surface area (Å²) in [5, 5.41) is 1.78. The molecule has 0 bridgehead atoms. The summed E-state index contributed by atoms with van der Waals surface area (Å²) in [5.74, 6) is -3.11. The zero-order valence-corrected chi connectivity index (χ0v) is 10.2. The number of carbonyl (C=O) groups excluding carboxylic acids is 1. The van der Waals surface area contributed by atoms with Gasteiger partial charge in [-0.1, -0.05) is 0 Å². The first-order valence-corrected chi connectivity index (χ1v) is 5.96. The number of nitrogens with zero attached hydrogens (tertiary/aromatic N) is 3. The fourth-order valence-corrected chi connectivity index (χ4v) is 1.97. The third-order valence-electron chi connectivity index (χ3n) is 2.31. The topological polar surface area (TPSA) is 46.1 Å². The van der Waals surface area contributed by atoms with Crippen molar-refractivity contribution in [3.63, 3.8) is 0 Å². The molecule has 2 aromatic rings. The Morgan fingerprint density at radius 1 is 1.44 bits per heavy atom. The van der Waals surface area contributed by atoms with Gasteiger partial charge < -0.3 is 4.90 Å². The molecule has 2 aromatic heterocycles. The number of halogens is 2. The van der Waals surface area contributed by atoms with Crippen LogP contribution < -0.4 is 0 Å². The molecule has 2 rings (SSSR count). The molecule has 0 spiro atoms. The van der Waals surface area contributed by atoms with Crippen molar-refractivity contribution in [2.75, 3.05) is 7.05 Å². The molecule has 0 aliphatic rings. The predicted octanol–water partition coefficient (Wildman–Crippen LogP) is 2.09. The molecule has 2 heterocycles. The highest BCUT2D eigenvalue weighted by Crippen LogP contribution is 2.13. The number of pyridine rings is 1. The largest absolute Gasteiger partial charge is 0.336 e. The quantitative estimate of drug-likeness (QED) is 0.801. The van der Waals surface area contributed by atoms with E-state index in [1.54, 1.807) is 10.9 Å². The maximum atomic E-state index is 13.4. The lowest BCUT2D eigenvalue weighted by molar-refractivity contribution is 0.0777. The van der Waals surface area contributed by atoms with Crippen molar-refractivity contribution in [3.8, 4) is 0 Å². The fraction of sp³-hybridized carbons (Fsp3) is 0.182. The van der Waals surface area contributed by atoms with E-state index in [1.165, 1.54) is 23.3 Å². The predicted molar refractivity (Wildman–Crippen MR) is 62.1 cm³/mol. The Bertz CT molecular complexity index is 559. The van der Waals surface area contributed by atoms with Crippen LogP contribution in [0.1, 0.15) is 16.1 Å². The number of hydrogen-bond acceptors (Lipinski definition) is 4. The molecule has 4 nitrogen and oxygen atoms in total. The van der Waals surface area contributed by atoms with Gasteiger partial charge in [0, 0.05) is 18.6 Å². The van der Waals surface area contributed by atoms with Gasteiger partial charge in [0.15, 0.2) is 5.82 Å². The molecule has 0 aromatic carbocycles. The van der Waals surface area contributed by atoms with Crippen LogP contribution in [0.5, 0.6) is 0 Å². The minimum atomic E-state index is -1.28. The third kappa shape index (κ3) is 2.51. The molecule has 0 fully saturated rings. The first-order valence-electron chi connectivity index (χ1n) is 5.02. The van der Waals surface area contributed by atoms with Gasteiger partial charge in [0.05, 0.1) is 23.3 Å². The molecule has 0 aliphatic heterocycles. The summed E-state index contributed by atoms with van der Waals surface area (Å²) in [7, 11) is 1.50. The summed E-state index contributed by atoms with van der Waals surface area (Å²) in [5.41, 5.74) is 2.01. The average Bonchev–Trinajstić information content (AvgIpc) is 2.84. The minimum absolute atomic E-state index is 0.242. The van der Waals surface area contributed by atoms with Crippen LogP contribution in [0.4, 0.5) is 8.78 Å². The zero-order chi connectivity index (χ0) is 13.1. The molecular weight excluding hydrogens is 260 g/mol. The van der Waals surface area contributed by atoms with Crippen molar-refractivity contribution in [3.05, 3.63) is 46.2 Å². The molecule has 94 valence electrons. The molecule has 0 radical (unpaired) electrons. The van der Waals surface area contributed by atoms with Gasteiger partial charge in [-0.05, 0) is 6.07 Å². The first-order chi connectivity index (χ1) is 8.59. The molecule has 0 aliphatic carbocycles. The molecule has 0 unspecified atom stereocenters. The van der Waals surface area contributed by atoms with E-state index in [9.17, 15) is 13.6 Å². The average molecular weight is 269 g/mol. The highest BCUT2D eigenvalue weighted by Gasteiger charge is 2.19. The lowest BCUT2D eigenvalue weighted by Gasteiger charge is -2.16. The van der Waals surface area contributed by atoms with Crippen LogP contribution in [-0.4, -0.2) is 27.8 Å². The Hall–Kier alpha value is -1.89. The van der Waals surface area contributed by atoms with E-state index in [1.807, 2.05) is 0 Å². The van der Waals surface area contributed by atoms with E-state index >= 15 is 0 Å². The van der Waals surface area contributed by atoms with E-state index < -0.39 is 17.7 Å². The lowest BCUT2D eigenvalue weighted by atomic mass is 10.2. The Morgan fingerprint density at radius 2 is 2.22 bits per heavy atom. The van der Waals surface area contributed by atoms with E-state index in [0.717, 1.165) is 12.3 Å². The SMILES string of the molecule is CN(Cc1cscn1)C(=O)c1ccnc(F)c1F. The van der Waals surface area contributed by atoms with E-state index in [-0.39, 0.29) is 12.1 Å². The third-order valence-corrected chi connectivity index (χ3v) is 2.94. The highest BCUT2D eigenvalue weighted by molar-refractivity contribution is 7.07. The molecule has 0 saturated carbocycles. The van der Waals surface area contributed by atoms with Gasteiger partial charge in [-0.25, -0.2) is 14.4 Å². The second-order valence-electron chi connectivity index (χ2n) is 3.60. The van der Waals surface area contributed by atoms with Crippen LogP contribution in [-0.2, 0) is 6.54 Å². The van der Waals surface area contributed by atoms with Crippen molar-refractivity contribution < 1.29 is 13.6 Å². The normalized spacial score (nSPS) is 10.4. The standard InChI is InChI=1S/C11H9F2N3OS/c1-16(4-7-5-18-6-15-7)11(17)8-2-3-14-10(13)9(8)12/h2-3,5-6H,4H2,1H3. The Balaban J connectivity index is 2.18. The Kier molecular flexibility index (Phi) is 3.61. The fourth-order valence-electron chi connectivity index (χ4n) is 1.42. The smallest absolute Gasteiger partial charge is 0.257 e. The first kappa shape index (κ1) is 12.6. The summed E-state index contributed by atoms with van der Waals surface area (Å²) < 4.78 is 26.3. The number of rotatable bonds is 3. The zero-order valence-electron chi connectivity index (χ0n) is 9.43. The molecular formula is C11H9F2N3OS. The molecule has 18 heavy (non-hydrogen) atoms. The summed E-state index contributed by atoms with van der Waals surface area (Å²) >= 11 is 1.40. The van der Waals surface area contributed by atoms with Crippen molar-refractivity contribution in [1.82, 2.24) is 14.9 Å². The van der Waals surface area contributed by atoms with Crippen LogP contribution in [0.2, 0.25) is 0 Å². The van der Waals surface area contributed by atoms with Gasteiger partial charge in [-0.3, -0.25) is 4.79 Å². The van der Waals surface area contributed by atoms with E-state index in [4.69, 9.17) is 0 Å². The highest BCUT2D eigenvalue weighted by atomic mass is 32.1. The summed E-state index contributed by atoms with van der Waals surface area (Å²) in [6, 6.07) is 1.15. The summed E-state index contributed by atoms with van der Waals surface area (Å²) in [4.78, 5) is 20.3.